The third-order valence-electron chi connectivity index (χ3n) is 4.49. The van der Waals surface area contributed by atoms with Crippen molar-refractivity contribution in [3.8, 4) is 0 Å². The van der Waals surface area contributed by atoms with Crippen LogP contribution in [-0.2, 0) is 12.8 Å². The van der Waals surface area contributed by atoms with E-state index in [1.165, 1.54) is 29.5 Å². The summed E-state index contributed by atoms with van der Waals surface area (Å²) in [5, 5.41) is 14.2. The number of nitro benzene ring substituents is 1. The third-order valence-corrected chi connectivity index (χ3v) is 5.70. The fourth-order valence-electron chi connectivity index (χ4n) is 3.26. The van der Waals surface area contributed by atoms with Crippen LogP contribution in [0.15, 0.2) is 24.3 Å². The molecule has 0 saturated carbocycles. The van der Waals surface area contributed by atoms with Gasteiger partial charge < -0.3 is 11.1 Å². The zero-order chi connectivity index (χ0) is 18.7. The van der Waals surface area contributed by atoms with E-state index < -0.39 is 16.7 Å². The standard InChI is InChI=1S/C18H19N3O4S/c19-16(22)15-12-8-3-1-2-4-10-14(12)26-18(15)20-17(23)11-7-5-6-9-13(11)21(24)25/h5-7,9H,1-4,8,10H2,(H2,19,22)(H,20,23). The normalized spacial score (nSPS) is 14.0. The molecule has 1 aromatic carbocycles. The lowest BCUT2D eigenvalue weighted by atomic mass is 9.96. The number of amides is 2. The van der Waals surface area contributed by atoms with Gasteiger partial charge >= 0.3 is 0 Å². The lowest BCUT2D eigenvalue weighted by Gasteiger charge is -2.10. The third kappa shape index (κ3) is 3.60. The van der Waals surface area contributed by atoms with E-state index in [0.29, 0.717) is 10.6 Å². The lowest BCUT2D eigenvalue weighted by molar-refractivity contribution is -0.385. The molecule has 8 heteroatoms. The molecule has 3 rings (SSSR count). The van der Waals surface area contributed by atoms with Gasteiger partial charge in [0.2, 0.25) is 0 Å². The van der Waals surface area contributed by atoms with E-state index in [1.807, 2.05) is 0 Å². The summed E-state index contributed by atoms with van der Waals surface area (Å²) in [6.07, 6.45) is 5.85. The Bertz CT molecular complexity index is 875. The van der Waals surface area contributed by atoms with Crippen LogP contribution in [0.2, 0.25) is 0 Å². The summed E-state index contributed by atoms with van der Waals surface area (Å²) in [7, 11) is 0. The van der Waals surface area contributed by atoms with Crippen molar-refractivity contribution in [3.05, 3.63) is 55.9 Å². The zero-order valence-electron chi connectivity index (χ0n) is 14.1. The van der Waals surface area contributed by atoms with Crippen LogP contribution in [0.4, 0.5) is 10.7 Å². The van der Waals surface area contributed by atoms with Gasteiger partial charge in [0.25, 0.3) is 17.5 Å². The quantitative estimate of drug-likeness (QED) is 0.628. The molecular formula is C18H19N3O4S. The number of fused-ring (bicyclic) bond motifs is 1. The van der Waals surface area contributed by atoms with Crippen LogP contribution in [0, 0.1) is 10.1 Å². The van der Waals surface area contributed by atoms with Gasteiger partial charge in [0.05, 0.1) is 10.5 Å². The van der Waals surface area contributed by atoms with Crippen molar-refractivity contribution in [1.82, 2.24) is 0 Å². The highest BCUT2D eigenvalue weighted by atomic mass is 32.1. The highest BCUT2D eigenvalue weighted by molar-refractivity contribution is 7.17. The SMILES string of the molecule is NC(=O)c1c(NC(=O)c2ccccc2[N+](=O)[O-])sc2c1CCCCCC2. The molecule has 0 spiro atoms. The van der Waals surface area contributed by atoms with Gasteiger partial charge in [-0.05, 0) is 37.3 Å². The first-order valence-electron chi connectivity index (χ1n) is 8.48. The minimum atomic E-state index is -0.617. The van der Waals surface area contributed by atoms with Crippen LogP contribution in [0.1, 0.15) is 56.8 Å². The molecule has 0 saturated heterocycles. The molecular weight excluding hydrogens is 354 g/mol. The molecule has 2 aromatic rings. The van der Waals surface area contributed by atoms with Gasteiger partial charge in [0, 0.05) is 10.9 Å². The number of nitrogens with zero attached hydrogens (tertiary/aromatic N) is 1. The average Bonchev–Trinajstić information content (AvgIpc) is 2.91. The number of carbonyl (C=O) groups excluding carboxylic acids is 2. The number of hydrogen-bond donors (Lipinski definition) is 2. The lowest BCUT2D eigenvalue weighted by Crippen LogP contribution is -2.19. The number of primary amides is 1. The molecule has 0 radical (unpaired) electrons. The second kappa shape index (κ2) is 7.65. The summed E-state index contributed by atoms with van der Waals surface area (Å²) in [5.74, 6) is -1.20. The number of carbonyl (C=O) groups is 2. The minimum Gasteiger partial charge on any atom is -0.365 e. The van der Waals surface area contributed by atoms with Gasteiger partial charge in [-0.15, -0.1) is 11.3 Å². The first-order chi connectivity index (χ1) is 12.5. The van der Waals surface area contributed by atoms with E-state index in [-0.39, 0.29) is 11.3 Å². The van der Waals surface area contributed by atoms with Crippen LogP contribution in [0.5, 0.6) is 0 Å². The van der Waals surface area contributed by atoms with E-state index in [9.17, 15) is 19.7 Å². The molecule has 26 heavy (non-hydrogen) atoms. The van der Waals surface area contributed by atoms with Gasteiger partial charge in [-0.1, -0.05) is 25.0 Å². The second-order valence-corrected chi connectivity index (χ2v) is 7.32. The Hall–Kier alpha value is -2.74. The summed E-state index contributed by atoms with van der Waals surface area (Å²) in [6.45, 7) is 0. The number of benzene rings is 1. The van der Waals surface area contributed by atoms with Crippen LogP contribution >= 0.6 is 11.3 Å². The number of rotatable bonds is 4. The Morgan fingerprint density at radius 1 is 1.12 bits per heavy atom. The fraction of sp³-hybridized carbons (Fsp3) is 0.333. The number of nitro groups is 1. The molecule has 1 aliphatic rings. The Morgan fingerprint density at radius 2 is 1.81 bits per heavy atom. The number of anilines is 1. The number of hydrogen-bond acceptors (Lipinski definition) is 5. The molecule has 0 aliphatic heterocycles. The number of thiophene rings is 1. The molecule has 7 nitrogen and oxygen atoms in total. The fourth-order valence-corrected chi connectivity index (χ4v) is 4.55. The summed E-state index contributed by atoms with van der Waals surface area (Å²) in [4.78, 5) is 36.2. The number of nitrogens with two attached hydrogens (primary N) is 1. The summed E-state index contributed by atoms with van der Waals surface area (Å²) in [6, 6.07) is 5.73. The minimum absolute atomic E-state index is 0.0475. The predicted molar refractivity (Wildman–Crippen MR) is 99.8 cm³/mol. The zero-order valence-corrected chi connectivity index (χ0v) is 14.9. The average molecular weight is 373 g/mol. The van der Waals surface area contributed by atoms with E-state index in [1.54, 1.807) is 6.07 Å². The number of para-hydroxylation sites is 1. The van der Waals surface area contributed by atoms with E-state index in [2.05, 4.69) is 5.32 Å². The second-order valence-electron chi connectivity index (χ2n) is 6.21. The van der Waals surface area contributed by atoms with Crippen molar-refractivity contribution < 1.29 is 14.5 Å². The summed E-state index contributed by atoms with van der Waals surface area (Å²) in [5.41, 5.74) is 6.51. The van der Waals surface area contributed by atoms with Crippen molar-refractivity contribution in [2.75, 3.05) is 5.32 Å². The van der Waals surface area contributed by atoms with E-state index >= 15 is 0 Å². The van der Waals surface area contributed by atoms with Gasteiger partial charge in [0.1, 0.15) is 10.6 Å². The smallest absolute Gasteiger partial charge is 0.282 e. The van der Waals surface area contributed by atoms with Crippen LogP contribution in [0.3, 0.4) is 0 Å². The van der Waals surface area contributed by atoms with Gasteiger partial charge in [0.15, 0.2) is 0 Å². The van der Waals surface area contributed by atoms with Crippen molar-refractivity contribution in [3.63, 3.8) is 0 Å². The Kier molecular flexibility index (Phi) is 5.32. The van der Waals surface area contributed by atoms with Gasteiger partial charge in [-0.3, -0.25) is 19.7 Å². The van der Waals surface area contributed by atoms with Crippen molar-refractivity contribution in [1.29, 1.82) is 0 Å². The van der Waals surface area contributed by atoms with Gasteiger partial charge in [-0.25, -0.2) is 0 Å². The van der Waals surface area contributed by atoms with Crippen molar-refractivity contribution in [2.24, 2.45) is 5.73 Å². The van der Waals surface area contributed by atoms with Crippen LogP contribution < -0.4 is 11.1 Å². The number of aryl methyl sites for hydroxylation is 1. The van der Waals surface area contributed by atoms with Crippen LogP contribution in [0.25, 0.3) is 0 Å². The maximum Gasteiger partial charge on any atom is 0.282 e. The molecule has 1 aromatic heterocycles. The topological polar surface area (TPSA) is 115 Å². The Morgan fingerprint density at radius 3 is 2.50 bits per heavy atom. The first-order valence-corrected chi connectivity index (χ1v) is 9.29. The molecule has 1 heterocycles. The van der Waals surface area contributed by atoms with E-state index in [4.69, 9.17) is 5.73 Å². The van der Waals surface area contributed by atoms with E-state index in [0.717, 1.165) is 49.0 Å². The maximum absolute atomic E-state index is 12.6. The van der Waals surface area contributed by atoms with Crippen LogP contribution in [-0.4, -0.2) is 16.7 Å². The molecule has 3 N–H and O–H groups in total. The molecule has 0 bridgehead atoms. The van der Waals surface area contributed by atoms with Crippen molar-refractivity contribution >= 4 is 33.8 Å². The summed E-state index contributed by atoms with van der Waals surface area (Å²) < 4.78 is 0. The predicted octanol–water partition coefficient (Wildman–Crippen LogP) is 3.67. The molecule has 0 fully saturated rings. The molecule has 136 valence electrons. The Labute approximate surface area is 154 Å². The largest absolute Gasteiger partial charge is 0.365 e. The molecule has 1 aliphatic carbocycles. The maximum atomic E-state index is 12.6. The van der Waals surface area contributed by atoms with Crippen molar-refractivity contribution in [2.45, 2.75) is 38.5 Å². The summed E-state index contributed by atoms with van der Waals surface area (Å²) >= 11 is 1.35. The molecule has 0 unspecified atom stereocenters. The highest BCUT2D eigenvalue weighted by Crippen LogP contribution is 2.37. The highest BCUT2D eigenvalue weighted by Gasteiger charge is 2.26. The number of nitrogens with one attached hydrogen (secondary N) is 1. The first kappa shape index (κ1) is 18.1. The molecule has 2 amide bonds. The van der Waals surface area contributed by atoms with Gasteiger partial charge in [-0.2, -0.15) is 0 Å². The molecule has 0 atom stereocenters. The Balaban J connectivity index is 1.97. The monoisotopic (exact) mass is 373 g/mol.